The van der Waals surface area contributed by atoms with Gasteiger partial charge >= 0.3 is 22.0 Å². The van der Waals surface area contributed by atoms with Gasteiger partial charge in [-0.1, -0.05) is 0 Å². The molecule has 0 spiro atoms. The lowest BCUT2D eigenvalue weighted by Crippen LogP contribution is -2.26. The number of ether oxygens (including phenoxy) is 4. The van der Waals surface area contributed by atoms with Crippen LogP contribution in [0.1, 0.15) is 11.1 Å². The van der Waals surface area contributed by atoms with Crippen LogP contribution in [-0.2, 0) is 29.2 Å². The summed E-state index contributed by atoms with van der Waals surface area (Å²) in [4.78, 5) is 49.8. The summed E-state index contributed by atoms with van der Waals surface area (Å²) in [5, 5.41) is -0.150. The Morgan fingerprint density at radius 2 is 1.74 bits per heavy atom. The molecule has 0 fully saturated rings. The van der Waals surface area contributed by atoms with E-state index in [1.807, 2.05) is 13.8 Å². The van der Waals surface area contributed by atoms with Crippen LogP contribution >= 0.6 is 0 Å². The van der Waals surface area contributed by atoms with Gasteiger partial charge in [0.1, 0.15) is 41.7 Å². The molecule has 4 rings (SSSR count). The summed E-state index contributed by atoms with van der Waals surface area (Å²) in [6.07, 6.45) is 2.60. The third-order valence-electron chi connectivity index (χ3n) is 5.88. The minimum atomic E-state index is -4.19. The van der Waals surface area contributed by atoms with Crippen molar-refractivity contribution in [1.29, 1.82) is 0 Å². The molecule has 0 bridgehead atoms. The van der Waals surface area contributed by atoms with Crippen molar-refractivity contribution in [2.45, 2.75) is 18.9 Å². The van der Waals surface area contributed by atoms with E-state index in [1.165, 1.54) is 20.3 Å². The maximum absolute atomic E-state index is 12.9. The number of rotatable bonds is 12. The first kappa shape index (κ1) is 30.8. The first-order chi connectivity index (χ1) is 20.5. The summed E-state index contributed by atoms with van der Waals surface area (Å²) in [5.41, 5.74) is 2.18. The summed E-state index contributed by atoms with van der Waals surface area (Å²) >= 11 is 0. The van der Waals surface area contributed by atoms with Crippen LogP contribution in [0.5, 0.6) is 17.2 Å². The predicted molar refractivity (Wildman–Crippen MR) is 151 cm³/mol. The normalized spacial score (nSPS) is 11.4. The highest BCUT2D eigenvalue weighted by Crippen LogP contribution is 2.31. The number of aryl methyl sites for hydroxylation is 2. The lowest BCUT2D eigenvalue weighted by atomic mass is 10.0. The molecule has 0 aliphatic carbocycles. The van der Waals surface area contributed by atoms with Crippen molar-refractivity contribution >= 4 is 32.9 Å². The molecule has 226 valence electrons. The molecule has 15 heteroatoms. The second-order valence-corrected chi connectivity index (χ2v) is 10.4. The number of benzene rings is 2. The number of methoxy groups -OCH3 is 2. The van der Waals surface area contributed by atoms with E-state index >= 15 is 0 Å². The minimum absolute atomic E-state index is 0.00134. The molecule has 0 unspecified atom stereocenters. The van der Waals surface area contributed by atoms with E-state index in [1.54, 1.807) is 29.2 Å². The topological polar surface area (TPSA) is 185 Å². The van der Waals surface area contributed by atoms with Crippen molar-refractivity contribution in [3.05, 3.63) is 76.3 Å². The number of hydrogen-bond donors (Lipinski definition) is 2. The number of carbonyl (C=O) groups is 2. The monoisotopic (exact) mass is 613 g/mol. The van der Waals surface area contributed by atoms with Gasteiger partial charge in [-0.15, -0.1) is 0 Å². The number of nitrogens with zero attached hydrogens (tertiary/aromatic N) is 1. The van der Waals surface area contributed by atoms with E-state index in [-0.39, 0.29) is 18.8 Å². The van der Waals surface area contributed by atoms with Crippen LogP contribution in [0, 0.1) is 13.8 Å². The maximum Gasteiger partial charge on any atom is 0.350 e. The van der Waals surface area contributed by atoms with Crippen molar-refractivity contribution < 1.29 is 46.2 Å². The summed E-state index contributed by atoms with van der Waals surface area (Å²) in [6.45, 7) is 3.49. The SMILES string of the molecule is COc1cc(OC)c2c(=O)[nH]c(-c3cc(C)c(OCCOC(=O)/C=C/C(=O)ONS(=O)(=O)c4ccco4)c(C)c3)nc2c1. The molecule has 0 radical (unpaired) electrons. The molecule has 0 saturated heterocycles. The molecule has 4 aromatic rings. The lowest BCUT2D eigenvalue weighted by Gasteiger charge is -2.14. The van der Waals surface area contributed by atoms with E-state index in [9.17, 15) is 22.8 Å². The van der Waals surface area contributed by atoms with Gasteiger partial charge in [-0.2, -0.15) is 0 Å². The number of aromatic amines is 1. The molecule has 0 atom stereocenters. The quantitative estimate of drug-likeness (QED) is 0.103. The molecule has 0 saturated carbocycles. The number of H-pyrrole nitrogens is 1. The van der Waals surface area contributed by atoms with Gasteiger partial charge in [0.2, 0.25) is 5.09 Å². The molecule has 2 N–H and O–H groups in total. The van der Waals surface area contributed by atoms with Crippen molar-refractivity contribution in [2.75, 3.05) is 27.4 Å². The van der Waals surface area contributed by atoms with Crippen molar-refractivity contribution in [2.24, 2.45) is 0 Å². The average molecular weight is 614 g/mol. The third-order valence-corrected chi connectivity index (χ3v) is 6.94. The van der Waals surface area contributed by atoms with Crippen molar-refractivity contribution in [3.8, 4) is 28.6 Å². The van der Waals surface area contributed by atoms with Gasteiger partial charge in [0.15, 0.2) is 0 Å². The fourth-order valence-electron chi connectivity index (χ4n) is 4.00. The Kier molecular flexibility index (Phi) is 9.47. The number of hydrogen-bond acceptors (Lipinski definition) is 12. The molecule has 2 aromatic carbocycles. The highest BCUT2D eigenvalue weighted by molar-refractivity contribution is 7.89. The highest BCUT2D eigenvalue weighted by Gasteiger charge is 2.19. The molecule has 0 aliphatic heterocycles. The molecular formula is C28H27N3O11S. The Balaban J connectivity index is 1.33. The smallest absolute Gasteiger partial charge is 0.350 e. The first-order valence-electron chi connectivity index (χ1n) is 12.5. The Bertz CT molecular complexity index is 1820. The van der Waals surface area contributed by atoms with E-state index in [4.69, 9.17) is 23.4 Å². The zero-order valence-corrected chi connectivity index (χ0v) is 24.3. The number of carbonyl (C=O) groups excluding carboxylic acids is 2. The largest absolute Gasteiger partial charge is 0.497 e. The van der Waals surface area contributed by atoms with Gasteiger partial charge < -0.3 is 33.2 Å². The van der Waals surface area contributed by atoms with E-state index in [0.717, 1.165) is 29.5 Å². The number of nitrogens with one attached hydrogen (secondary N) is 2. The second-order valence-electron chi connectivity index (χ2n) is 8.87. The molecule has 2 heterocycles. The zero-order chi connectivity index (χ0) is 31.1. The molecule has 0 amide bonds. The summed E-state index contributed by atoms with van der Waals surface area (Å²) in [5.74, 6) is -0.300. The zero-order valence-electron chi connectivity index (χ0n) is 23.5. The summed E-state index contributed by atoms with van der Waals surface area (Å²) in [6, 6.07) is 9.35. The fourth-order valence-corrected chi connectivity index (χ4v) is 4.71. The molecular weight excluding hydrogens is 586 g/mol. The van der Waals surface area contributed by atoms with E-state index in [0.29, 0.717) is 45.6 Å². The number of esters is 1. The van der Waals surface area contributed by atoms with Crippen LogP contribution in [-0.4, -0.2) is 57.8 Å². The standard InChI is InChI=1S/C28H27N3O11S/c1-16-12-18(27-29-20-14-19(37-3)15-21(38-4)25(20)28(34)30-27)13-17(2)26(16)41-11-10-39-22(32)7-8-23(33)42-31-43(35,36)24-6-5-9-40-24/h5-9,12-15,31H,10-11H2,1-4H3,(H,29,30,34)/b8-7+. The van der Waals surface area contributed by atoms with Crippen LogP contribution in [0.4, 0.5) is 0 Å². The Morgan fingerprint density at radius 3 is 2.40 bits per heavy atom. The lowest BCUT2D eigenvalue weighted by molar-refractivity contribution is -0.142. The fraction of sp³-hybridized carbons (Fsp3) is 0.214. The van der Waals surface area contributed by atoms with Crippen LogP contribution in [0.3, 0.4) is 0 Å². The van der Waals surface area contributed by atoms with Crippen LogP contribution in [0.25, 0.3) is 22.3 Å². The van der Waals surface area contributed by atoms with Gasteiger partial charge in [-0.3, -0.25) is 4.79 Å². The van der Waals surface area contributed by atoms with Crippen LogP contribution in [0.15, 0.2) is 69.1 Å². The number of sulfonamides is 1. The minimum Gasteiger partial charge on any atom is -0.497 e. The Labute approximate surface area is 245 Å². The highest BCUT2D eigenvalue weighted by atomic mass is 32.2. The number of fused-ring (bicyclic) bond motifs is 1. The number of aromatic nitrogens is 2. The van der Waals surface area contributed by atoms with Crippen LogP contribution < -0.4 is 24.7 Å². The Morgan fingerprint density at radius 1 is 1.02 bits per heavy atom. The average Bonchev–Trinajstić information content (AvgIpc) is 3.54. The summed E-state index contributed by atoms with van der Waals surface area (Å²) < 4.78 is 49.8. The van der Waals surface area contributed by atoms with E-state index < -0.39 is 27.1 Å². The van der Waals surface area contributed by atoms with Gasteiger partial charge in [0.05, 0.1) is 26.0 Å². The van der Waals surface area contributed by atoms with Gasteiger partial charge in [0.25, 0.3) is 5.56 Å². The molecule has 2 aromatic heterocycles. The second kappa shape index (κ2) is 13.2. The van der Waals surface area contributed by atoms with E-state index in [2.05, 4.69) is 14.8 Å². The first-order valence-corrected chi connectivity index (χ1v) is 14.0. The maximum atomic E-state index is 12.9. The third kappa shape index (κ3) is 7.38. The van der Waals surface area contributed by atoms with Gasteiger partial charge in [0, 0.05) is 29.8 Å². The van der Waals surface area contributed by atoms with Crippen LogP contribution in [0.2, 0.25) is 0 Å². The molecule has 14 nitrogen and oxygen atoms in total. The summed E-state index contributed by atoms with van der Waals surface area (Å²) in [7, 11) is -1.22. The molecule has 43 heavy (non-hydrogen) atoms. The van der Waals surface area contributed by atoms with Gasteiger partial charge in [-0.25, -0.2) is 23.0 Å². The van der Waals surface area contributed by atoms with Crippen molar-refractivity contribution in [3.63, 3.8) is 0 Å². The Hall–Kier alpha value is -5.15. The van der Waals surface area contributed by atoms with Crippen molar-refractivity contribution in [1.82, 2.24) is 14.9 Å². The van der Waals surface area contributed by atoms with Gasteiger partial charge in [-0.05, 0) is 54.1 Å². The molecule has 0 aliphatic rings. The number of furan rings is 1. The predicted octanol–water partition coefficient (Wildman–Crippen LogP) is 2.73.